The molecule has 6 nitrogen and oxygen atoms in total. The molecule has 1 atom stereocenters. The molecule has 0 spiro atoms. The number of carbonyl (C=O) groups is 2. The monoisotopic (exact) mass is 393 g/mol. The van der Waals surface area contributed by atoms with E-state index in [1.165, 1.54) is 11.0 Å². The second kappa shape index (κ2) is 7.96. The van der Waals surface area contributed by atoms with Gasteiger partial charge in [-0.3, -0.25) is 9.69 Å². The maximum Gasteiger partial charge on any atom is 0.414 e. The molecule has 4 rings (SSSR count). The maximum absolute atomic E-state index is 14.7. The van der Waals surface area contributed by atoms with Crippen LogP contribution in [0.4, 0.5) is 20.6 Å². The molecule has 1 N–H and O–H groups in total. The summed E-state index contributed by atoms with van der Waals surface area (Å²) in [5.41, 5.74) is 1.07. The SMILES string of the molecule is O=C(NCC1CN(c2ccc(N3CCCSCC3)c(F)c2)C(=O)O1)C1CC1. The molecule has 3 fully saturated rings. The molecule has 1 aromatic rings. The average molecular weight is 393 g/mol. The zero-order valence-corrected chi connectivity index (χ0v) is 16.0. The van der Waals surface area contributed by atoms with Gasteiger partial charge in [0.25, 0.3) is 0 Å². The van der Waals surface area contributed by atoms with E-state index in [4.69, 9.17) is 4.74 Å². The predicted molar refractivity (Wildman–Crippen MR) is 104 cm³/mol. The topological polar surface area (TPSA) is 61.9 Å². The second-order valence-electron chi connectivity index (χ2n) is 7.22. The van der Waals surface area contributed by atoms with Gasteiger partial charge in [0.05, 0.1) is 24.5 Å². The number of cyclic esters (lactones) is 1. The van der Waals surface area contributed by atoms with E-state index in [1.54, 1.807) is 12.1 Å². The lowest BCUT2D eigenvalue weighted by atomic mass is 10.2. The standard InChI is InChI=1S/C19H24FN3O3S/c20-16-10-14(4-5-17(16)22-6-1-8-27-9-7-22)23-12-15(26-19(23)25)11-21-18(24)13-2-3-13/h4-5,10,13,15H,1-3,6-9,11-12H2,(H,21,24). The number of nitrogens with zero attached hydrogens (tertiary/aromatic N) is 2. The van der Waals surface area contributed by atoms with Gasteiger partial charge in [-0.1, -0.05) is 0 Å². The van der Waals surface area contributed by atoms with Crippen LogP contribution < -0.4 is 15.1 Å². The Morgan fingerprint density at radius 2 is 2.15 bits per heavy atom. The number of hydrogen-bond acceptors (Lipinski definition) is 5. The summed E-state index contributed by atoms with van der Waals surface area (Å²) in [7, 11) is 0. The van der Waals surface area contributed by atoms with Crippen LogP contribution in [-0.2, 0) is 9.53 Å². The van der Waals surface area contributed by atoms with E-state index in [2.05, 4.69) is 10.2 Å². The molecule has 1 unspecified atom stereocenters. The molecule has 3 aliphatic rings. The van der Waals surface area contributed by atoms with Crippen molar-refractivity contribution in [1.82, 2.24) is 5.32 Å². The fourth-order valence-corrected chi connectivity index (χ4v) is 4.34. The molecule has 2 amide bonds. The molecule has 8 heteroatoms. The molecule has 2 aliphatic heterocycles. The van der Waals surface area contributed by atoms with Gasteiger partial charge in [0, 0.05) is 24.8 Å². The molecule has 146 valence electrons. The second-order valence-corrected chi connectivity index (χ2v) is 8.45. The number of amides is 2. The lowest BCUT2D eigenvalue weighted by Gasteiger charge is -2.24. The van der Waals surface area contributed by atoms with Crippen molar-refractivity contribution >= 4 is 35.1 Å². The summed E-state index contributed by atoms with van der Waals surface area (Å²) >= 11 is 1.89. The summed E-state index contributed by atoms with van der Waals surface area (Å²) in [6.45, 7) is 2.28. The first-order valence-corrected chi connectivity index (χ1v) is 10.7. The molecular formula is C19H24FN3O3S. The zero-order chi connectivity index (χ0) is 18.8. The largest absolute Gasteiger partial charge is 0.442 e. The Hall–Kier alpha value is -1.96. The van der Waals surface area contributed by atoms with E-state index in [0.717, 1.165) is 43.9 Å². The van der Waals surface area contributed by atoms with Crippen molar-refractivity contribution in [3.05, 3.63) is 24.0 Å². The Morgan fingerprint density at radius 3 is 2.93 bits per heavy atom. The molecule has 0 aromatic heterocycles. The van der Waals surface area contributed by atoms with Gasteiger partial charge in [0.2, 0.25) is 5.91 Å². The molecule has 1 aliphatic carbocycles. The lowest BCUT2D eigenvalue weighted by Crippen LogP contribution is -2.35. The molecule has 1 saturated carbocycles. The summed E-state index contributed by atoms with van der Waals surface area (Å²) in [5, 5.41) is 2.82. The van der Waals surface area contributed by atoms with E-state index >= 15 is 0 Å². The average Bonchev–Trinajstić information content (AvgIpc) is 3.46. The van der Waals surface area contributed by atoms with Crippen molar-refractivity contribution in [3.63, 3.8) is 0 Å². The Kier molecular flexibility index (Phi) is 5.43. The maximum atomic E-state index is 14.7. The number of carbonyl (C=O) groups excluding carboxylic acids is 2. The minimum absolute atomic E-state index is 0.0236. The van der Waals surface area contributed by atoms with Crippen LogP contribution in [0.2, 0.25) is 0 Å². The summed E-state index contributed by atoms with van der Waals surface area (Å²) in [4.78, 5) is 27.4. The van der Waals surface area contributed by atoms with Gasteiger partial charge in [-0.25, -0.2) is 9.18 Å². The van der Waals surface area contributed by atoms with Crippen molar-refractivity contribution in [1.29, 1.82) is 0 Å². The summed E-state index contributed by atoms with van der Waals surface area (Å²) in [6.07, 6.45) is 2.00. The van der Waals surface area contributed by atoms with Crippen LogP contribution in [-0.4, -0.2) is 55.8 Å². The van der Waals surface area contributed by atoms with Gasteiger partial charge in [-0.2, -0.15) is 11.8 Å². The number of thioether (sulfide) groups is 1. The van der Waals surface area contributed by atoms with Crippen molar-refractivity contribution in [2.24, 2.45) is 5.92 Å². The van der Waals surface area contributed by atoms with Crippen LogP contribution in [0.3, 0.4) is 0 Å². The number of nitrogens with one attached hydrogen (secondary N) is 1. The van der Waals surface area contributed by atoms with Gasteiger partial charge in [0.15, 0.2) is 0 Å². The van der Waals surface area contributed by atoms with Gasteiger partial charge < -0.3 is 15.0 Å². The van der Waals surface area contributed by atoms with Crippen LogP contribution in [0.1, 0.15) is 19.3 Å². The highest BCUT2D eigenvalue weighted by molar-refractivity contribution is 7.99. The van der Waals surface area contributed by atoms with Crippen molar-refractivity contribution < 1.29 is 18.7 Å². The first-order chi connectivity index (χ1) is 13.1. The zero-order valence-electron chi connectivity index (χ0n) is 15.2. The van der Waals surface area contributed by atoms with Gasteiger partial charge >= 0.3 is 6.09 Å². The van der Waals surface area contributed by atoms with Crippen molar-refractivity contribution in [2.75, 3.05) is 47.5 Å². The van der Waals surface area contributed by atoms with E-state index in [0.29, 0.717) is 24.5 Å². The van der Waals surface area contributed by atoms with Crippen LogP contribution >= 0.6 is 11.8 Å². The number of ether oxygens (including phenoxy) is 1. The Labute approximate surface area is 162 Å². The summed E-state index contributed by atoms with van der Waals surface area (Å²) in [5.74, 6) is 1.92. The number of rotatable bonds is 5. The highest BCUT2D eigenvalue weighted by atomic mass is 32.2. The van der Waals surface area contributed by atoms with E-state index in [9.17, 15) is 14.0 Å². The third-order valence-electron chi connectivity index (χ3n) is 5.13. The molecule has 2 heterocycles. The van der Waals surface area contributed by atoms with Crippen LogP contribution in [0.5, 0.6) is 0 Å². The van der Waals surface area contributed by atoms with Crippen LogP contribution in [0.25, 0.3) is 0 Å². The van der Waals surface area contributed by atoms with Gasteiger partial charge in [0.1, 0.15) is 11.9 Å². The smallest absolute Gasteiger partial charge is 0.414 e. The van der Waals surface area contributed by atoms with Crippen molar-refractivity contribution in [3.8, 4) is 0 Å². The van der Waals surface area contributed by atoms with Gasteiger partial charge in [-0.05, 0) is 43.2 Å². The summed E-state index contributed by atoms with van der Waals surface area (Å²) < 4.78 is 20.0. The van der Waals surface area contributed by atoms with Gasteiger partial charge in [-0.15, -0.1) is 0 Å². The Balaban J connectivity index is 1.39. The normalized spacial score (nSPS) is 23.1. The summed E-state index contributed by atoms with van der Waals surface area (Å²) in [6, 6.07) is 4.92. The Bertz CT molecular complexity index is 720. The number of anilines is 2. The minimum atomic E-state index is -0.501. The van der Waals surface area contributed by atoms with Crippen LogP contribution in [0.15, 0.2) is 18.2 Å². The minimum Gasteiger partial charge on any atom is -0.442 e. The molecule has 2 saturated heterocycles. The molecule has 1 aromatic carbocycles. The molecular weight excluding hydrogens is 369 g/mol. The third-order valence-corrected chi connectivity index (χ3v) is 6.18. The molecule has 0 radical (unpaired) electrons. The van der Waals surface area contributed by atoms with E-state index in [1.807, 2.05) is 11.8 Å². The first kappa shape index (κ1) is 18.4. The third kappa shape index (κ3) is 4.31. The Morgan fingerprint density at radius 1 is 1.30 bits per heavy atom. The lowest BCUT2D eigenvalue weighted by molar-refractivity contribution is -0.122. The quantitative estimate of drug-likeness (QED) is 0.833. The predicted octanol–water partition coefficient (Wildman–Crippen LogP) is 2.62. The number of hydrogen-bond donors (Lipinski definition) is 1. The van der Waals surface area contributed by atoms with Crippen LogP contribution in [0, 0.1) is 11.7 Å². The molecule has 27 heavy (non-hydrogen) atoms. The first-order valence-electron chi connectivity index (χ1n) is 9.50. The number of benzene rings is 1. The van der Waals surface area contributed by atoms with E-state index < -0.39 is 12.2 Å². The highest BCUT2D eigenvalue weighted by Gasteiger charge is 2.35. The number of halogens is 1. The fraction of sp³-hybridized carbons (Fsp3) is 0.579. The molecule has 0 bridgehead atoms. The van der Waals surface area contributed by atoms with Crippen molar-refractivity contribution in [2.45, 2.75) is 25.4 Å². The fourth-order valence-electron chi connectivity index (χ4n) is 3.45. The highest BCUT2D eigenvalue weighted by Crippen LogP contribution is 2.30. The van der Waals surface area contributed by atoms with E-state index in [-0.39, 0.29) is 17.6 Å².